The van der Waals surface area contributed by atoms with E-state index in [1.165, 1.54) is 25.6 Å². The van der Waals surface area contributed by atoms with Gasteiger partial charge >= 0.3 is 5.97 Å². The molecule has 98 valence electrons. The van der Waals surface area contributed by atoms with Gasteiger partial charge in [-0.25, -0.2) is 19.7 Å². The van der Waals surface area contributed by atoms with E-state index in [0.717, 1.165) is 11.8 Å². The summed E-state index contributed by atoms with van der Waals surface area (Å²) in [5, 5.41) is 0.765. The van der Waals surface area contributed by atoms with Crippen LogP contribution in [0.2, 0.25) is 0 Å². The Morgan fingerprint density at radius 1 is 1.21 bits per heavy atom. The van der Waals surface area contributed by atoms with Crippen LogP contribution in [0.3, 0.4) is 0 Å². The number of nitrogens with two attached hydrogens (primary N) is 2. The van der Waals surface area contributed by atoms with Gasteiger partial charge in [-0.2, -0.15) is 0 Å². The van der Waals surface area contributed by atoms with Crippen LogP contribution in [-0.2, 0) is 4.74 Å². The number of esters is 1. The van der Waals surface area contributed by atoms with Gasteiger partial charge in [0.15, 0.2) is 10.9 Å². The van der Waals surface area contributed by atoms with Crippen molar-refractivity contribution >= 4 is 29.4 Å². The lowest BCUT2D eigenvalue weighted by atomic mass is 10.5. The lowest BCUT2D eigenvalue weighted by Crippen LogP contribution is -2.05. The minimum absolute atomic E-state index is 0.101. The maximum absolute atomic E-state index is 11.3. The molecule has 0 aliphatic carbocycles. The van der Waals surface area contributed by atoms with Crippen LogP contribution >= 0.6 is 11.8 Å². The number of carbonyl (C=O) groups excluding carboxylic acids is 1. The monoisotopic (exact) mass is 278 g/mol. The molecule has 0 aromatic carbocycles. The SMILES string of the molecule is COC(=O)c1cncc(Sc2nc(N)cc(N)n2)n1. The smallest absolute Gasteiger partial charge is 0.358 e. The molecule has 4 N–H and O–H groups in total. The van der Waals surface area contributed by atoms with Crippen molar-refractivity contribution in [3.8, 4) is 0 Å². The van der Waals surface area contributed by atoms with E-state index in [1.807, 2.05) is 0 Å². The third-order valence-electron chi connectivity index (χ3n) is 1.95. The van der Waals surface area contributed by atoms with Crippen molar-refractivity contribution < 1.29 is 9.53 Å². The van der Waals surface area contributed by atoms with Gasteiger partial charge in [-0.3, -0.25) is 4.98 Å². The van der Waals surface area contributed by atoms with Crippen LogP contribution in [0.5, 0.6) is 0 Å². The number of nitrogens with zero attached hydrogens (tertiary/aromatic N) is 4. The Morgan fingerprint density at radius 3 is 2.53 bits per heavy atom. The highest BCUT2D eigenvalue weighted by Crippen LogP contribution is 2.23. The summed E-state index contributed by atoms with van der Waals surface area (Å²) in [5.74, 6) is -0.0536. The molecule has 0 fully saturated rings. The number of rotatable bonds is 3. The number of hydrogen-bond acceptors (Lipinski definition) is 9. The molecule has 19 heavy (non-hydrogen) atoms. The maximum atomic E-state index is 11.3. The van der Waals surface area contributed by atoms with Crippen molar-refractivity contribution in [1.29, 1.82) is 0 Å². The second kappa shape index (κ2) is 5.48. The van der Waals surface area contributed by atoms with Gasteiger partial charge in [0.05, 0.1) is 19.5 Å². The molecule has 0 unspecified atom stereocenters. The third-order valence-corrected chi connectivity index (χ3v) is 2.72. The van der Waals surface area contributed by atoms with E-state index in [2.05, 4.69) is 24.7 Å². The normalized spacial score (nSPS) is 10.2. The number of aromatic nitrogens is 4. The lowest BCUT2D eigenvalue weighted by Gasteiger charge is -2.03. The minimum Gasteiger partial charge on any atom is -0.464 e. The van der Waals surface area contributed by atoms with Crippen LogP contribution in [0.25, 0.3) is 0 Å². The number of anilines is 2. The van der Waals surface area contributed by atoms with Crippen molar-refractivity contribution in [2.75, 3.05) is 18.6 Å². The summed E-state index contributed by atoms with van der Waals surface area (Å²) < 4.78 is 4.56. The third kappa shape index (κ3) is 3.28. The number of methoxy groups -OCH3 is 1. The standard InChI is InChI=1S/C10H10N6O2S/c1-18-9(17)5-3-13-4-8(14-5)19-10-15-6(11)2-7(12)16-10/h2-4H,1H3,(H4,11,12,15,16). The molecule has 0 spiro atoms. The fourth-order valence-electron chi connectivity index (χ4n) is 1.20. The predicted octanol–water partition coefficient (Wildman–Crippen LogP) is 0.369. The molecular formula is C10H10N6O2S. The molecule has 0 aliphatic rings. The molecule has 0 bridgehead atoms. The number of ether oxygens (including phenoxy) is 1. The first-order chi connectivity index (χ1) is 9.08. The molecule has 0 atom stereocenters. The maximum Gasteiger partial charge on any atom is 0.358 e. The minimum atomic E-state index is -0.567. The zero-order chi connectivity index (χ0) is 13.8. The van der Waals surface area contributed by atoms with E-state index in [4.69, 9.17) is 11.5 Å². The number of hydrogen-bond donors (Lipinski definition) is 2. The van der Waals surface area contributed by atoms with Gasteiger partial charge in [0.2, 0.25) is 0 Å². The average molecular weight is 278 g/mol. The van der Waals surface area contributed by atoms with E-state index in [-0.39, 0.29) is 17.3 Å². The van der Waals surface area contributed by atoms with Gasteiger partial charge in [-0.05, 0) is 11.8 Å². The highest BCUT2D eigenvalue weighted by molar-refractivity contribution is 7.99. The van der Waals surface area contributed by atoms with Crippen LogP contribution < -0.4 is 11.5 Å². The van der Waals surface area contributed by atoms with Gasteiger partial charge in [-0.1, -0.05) is 0 Å². The van der Waals surface area contributed by atoms with Crippen molar-refractivity contribution in [1.82, 2.24) is 19.9 Å². The lowest BCUT2D eigenvalue weighted by molar-refractivity contribution is 0.0592. The summed E-state index contributed by atoms with van der Waals surface area (Å²) in [6.07, 6.45) is 2.78. The fraction of sp³-hybridized carbons (Fsp3) is 0.100. The van der Waals surface area contributed by atoms with E-state index in [0.29, 0.717) is 10.2 Å². The molecule has 0 radical (unpaired) electrons. The number of nitrogen functional groups attached to an aromatic ring is 2. The summed E-state index contributed by atoms with van der Waals surface area (Å²) in [6.45, 7) is 0. The van der Waals surface area contributed by atoms with Crippen LogP contribution in [0.1, 0.15) is 10.5 Å². The van der Waals surface area contributed by atoms with Gasteiger partial charge in [0.25, 0.3) is 0 Å². The summed E-state index contributed by atoms with van der Waals surface area (Å²) >= 11 is 1.09. The van der Waals surface area contributed by atoms with E-state index in [9.17, 15) is 4.79 Å². The largest absolute Gasteiger partial charge is 0.464 e. The first kappa shape index (κ1) is 13.0. The Balaban J connectivity index is 2.25. The van der Waals surface area contributed by atoms with E-state index < -0.39 is 5.97 Å². The zero-order valence-electron chi connectivity index (χ0n) is 9.90. The van der Waals surface area contributed by atoms with Crippen molar-refractivity contribution in [3.05, 3.63) is 24.2 Å². The van der Waals surface area contributed by atoms with Crippen molar-refractivity contribution in [2.45, 2.75) is 10.2 Å². The molecule has 2 aromatic rings. The van der Waals surface area contributed by atoms with Crippen molar-refractivity contribution in [2.24, 2.45) is 0 Å². The summed E-state index contributed by atoms with van der Waals surface area (Å²) in [4.78, 5) is 27.3. The first-order valence-electron chi connectivity index (χ1n) is 5.06. The molecule has 9 heteroatoms. The molecule has 2 rings (SSSR count). The Bertz CT molecular complexity index is 600. The summed E-state index contributed by atoms with van der Waals surface area (Å²) in [6, 6.07) is 1.45. The Labute approximate surface area is 112 Å². The molecule has 0 saturated carbocycles. The molecule has 0 aliphatic heterocycles. The van der Waals surface area contributed by atoms with Crippen LogP contribution in [0.15, 0.2) is 28.6 Å². The van der Waals surface area contributed by atoms with Crippen LogP contribution in [-0.4, -0.2) is 33.0 Å². The van der Waals surface area contributed by atoms with E-state index in [1.54, 1.807) is 0 Å². The predicted molar refractivity (Wildman–Crippen MR) is 68.4 cm³/mol. The molecule has 0 saturated heterocycles. The van der Waals surface area contributed by atoms with Crippen LogP contribution in [0.4, 0.5) is 11.6 Å². The molecule has 8 nitrogen and oxygen atoms in total. The molecule has 0 amide bonds. The molecule has 2 heterocycles. The Hall–Kier alpha value is -2.42. The summed E-state index contributed by atoms with van der Waals surface area (Å²) in [5.41, 5.74) is 11.2. The van der Waals surface area contributed by atoms with Crippen LogP contribution in [0, 0.1) is 0 Å². The molecule has 2 aromatic heterocycles. The quantitative estimate of drug-likeness (QED) is 0.603. The zero-order valence-corrected chi connectivity index (χ0v) is 10.7. The van der Waals surface area contributed by atoms with Gasteiger partial charge in [0.1, 0.15) is 16.7 Å². The van der Waals surface area contributed by atoms with Gasteiger partial charge in [0, 0.05) is 6.07 Å². The second-order valence-corrected chi connectivity index (χ2v) is 4.32. The first-order valence-corrected chi connectivity index (χ1v) is 5.88. The topological polar surface area (TPSA) is 130 Å². The number of carbonyl (C=O) groups is 1. The average Bonchev–Trinajstić information content (AvgIpc) is 2.37. The Kier molecular flexibility index (Phi) is 3.76. The highest BCUT2D eigenvalue weighted by Gasteiger charge is 2.10. The summed E-state index contributed by atoms with van der Waals surface area (Å²) in [7, 11) is 1.27. The second-order valence-electron chi connectivity index (χ2n) is 3.34. The van der Waals surface area contributed by atoms with Gasteiger partial charge < -0.3 is 16.2 Å². The van der Waals surface area contributed by atoms with Gasteiger partial charge in [-0.15, -0.1) is 0 Å². The van der Waals surface area contributed by atoms with Crippen molar-refractivity contribution in [3.63, 3.8) is 0 Å². The van der Waals surface area contributed by atoms with E-state index >= 15 is 0 Å². The fourth-order valence-corrected chi connectivity index (χ4v) is 1.95. The highest BCUT2D eigenvalue weighted by atomic mass is 32.2. The Morgan fingerprint density at radius 2 is 1.89 bits per heavy atom. The molecular weight excluding hydrogens is 268 g/mol.